The van der Waals surface area contributed by atoms with Crippen LogP contribution in [0.5, 0.6) is 5.88 Å². The monoisotopic (exact) mass is 202 g/mol. The highest BCUT2D eigenvalue weighted by atomic mass is 16.3. The molecule has 15 heavy (non-hydrogen) atoms. The molecular formula is C11H10N2O2. The van der Waals surface area contributed by atoms with Crippen molar-refractivity contribution in [2.45, 2.75) is 19.4 Å². The standard InChI is InChI=1S/C11H10N2O2/c14-11-9(12-15)8-5-1-3-7-4-2-6-13(11)10(7)8/h1,3,5,14H,2,4,6H2. The molecule has 4 nitrogen and oxygen atoms in total. The van der Waals surface area contributed by atoms with Crippen LogP contribution >= 0.6 is 0 Å². The molecule has 0 atom stereocenters. The first-order chi connectivity index (χ1) is 7.33. The molecule has 4 heteroatoms. The van der Waals surface area contributed by atoms with E-state index < -0.39 is 0 Å². The topological polar surface area (TPSA) is 54.6 Å². The van der Waals surface area contributed by atoms with E-state index in [0.717, 1.165) is 30.3 Å². The van der Waals surface area contributed by atoms with Gasteiger partial charge in [-0.1, -0.05) is 18.2 Å². The zero-order valence-electron chi connectivity index (χ0n) is 8.10. The van der Waals surface area contributed by atoms with Gasteiger partial charge in [0.05, 0.1) is 5.52 Å². The molecule has 0 saturated heterocycles. The van der Waals surface area contributed by atoms with Crippen LogP contribution in [0, 0.1) is 4.91 Å². The third-order valence-electron chi connectivity index (χ3n) is 3.03. The van der Waals surface area contributed by atoms with Gasteiger partial charge in [-0.25, -0.2) is 0 Å². The van der Waals surface area contributed by atoms with E-state index in [1.54, 1.807) is 4.57 Å². The maximum absolute atomic E-state index is 10.7. The number of nitroso groups, excluding NO2 is 1. The van der Waals surface area contributed by atoms with Crippen molar-refractivity contribution in [3.05, 3.63) is 28.7 Å². The van der Waals surface area contributed by atoms with Crippen molar-refractivity contribution in [2.24, 2.45) is 5.18 Å². The molecule has 3 rings (SSSR count). The van der Waals surface area contributed by atoms with Crippen molar-refractivity contribution in [3.8, 4) is 5.88 Å². The maximum atomic E-state index is 10.7. The van der Waals surface area contributed by atoms with Crippen LogP contribution in [0.15, 0.2) is 23.4 Å². The Morgan fingerprint density at radius 2 is 2.27 bits per heavy atom. The van der Waals surface area contributed by atoms with Crippen molar-refractivity contribution in [3.63, 3.8) is 0 Å². The summed E-state index contributed by atoms with van der Waals surface area (Å²) in [5.41, 5.74) is 2.33. The normalized spacial score (nSPS) is 14.4. The fourth-order valence-corrected chi connectivity index (χ4v) is 2.39. The molecule has 1 aromatic carbocycles. The Morgan fingerprint density at radius 3 is 3.07 bits per heavy atom. The summed E-state index contributed by atoms with van der Waals surface area (Å²) in [4.78, 5) is 10.7. The fourth-order valence-electron chi connectivity index (χ4n) is 2.39. The van der Waals surface area contributed by atoms with Gasteiger partial charge in [0.25, 0.3) is 0 Å². The van der Waals surface area contributed by atoms with Crippen molar-refractivity contribution >= 4 is 16.6 Å². The molecule has 0 saturated carbocycles. The van der Waals surface area contributed by atoms with Crippen molar-refractivity contribution in [2.75, 3.05) is 0 Å². The summed E-state index contributed by atoms with van der Waals surface area (Å²) < 4.78 is 1.78. The van der Waals surface area contributed by atoms with E-state index >= 15 is 0 Å². The summed E-state index contributed by atoms with van der Waals surface area (Å²) in [5.74, 6) is 0.00662. The van der Waals surface area contributed by atoms with Gasteiger partial charge in [-0.05, 0) is 23.6 Å². The summed E-state index contributed by atoms with van der Waals surface area (Å²) in [5, 5.41) is 13.5. The van der Waals surface area contributed by atoms with Gasteiger partial charge in [0.15, 0.2) is 5.69 Å². The van der Waals surface area contributed by atoms with Crippen LogP contribution in [0.3, 0.4) is 0 Å². The minimum absolute atomic E-state index is 0.00662. The predicted molar refractivity (Wildman–Crippen MR) is 57.4 cm³/mol. The number of aromatic nitrogens is 1. The zero-order valence-corrected chi connectivity index (χ0v) is 8.10. The number of aromatic hydroxyl groups is 1. The lowest BCUT2D eigenvalue weighted by molar-refractivity contribution is 0.415. The Balaban J connectivity index is 2.53. The largest absolute Gasteiger partial charge is 0.493 e. The van der Waals surface area contributed by atoms with E-state index in [0.29, 0.717) is 0 Å². The molecular weight excluding hydrogens is 192 g/mol. The Labute approximate surface area is 86.1 Å². The lowest BCUT2D eigenvalue weighted by Gasteiger charge is -2.15. The first kappa shape index (κ1) is 8.47. The molecule has 76 valence electrons. The summed E-state index contributed by atoms with van der Waals surface area (Å²) >= 11 is 0. The van der Waals surface area contributed by atoms with Gasteiger partial charge in [0, 0.05) is 11.9 Å². The molecule has 0 radical (unpaired) electrons. The van der Waals surface area contributed by atoms with Crippen LogP contribution in [0.25, 0.3) is 10.9 Å². The number of hydrogen-bond acceptors (Lipinski definition) is 3. The Bertz CT molecular complexity index is 557. The second-order valence-electron chi connectivity index (χ2n) is 3.83. The van der Waals surface area contributed by atoms with E-state index in [-0.39, 0.29) is 11.6 Å². The van der Waals surface area contributed by atoms with E-state index in [9.17, 15) is 10.0 Å². The lowest BCUT2D eigenvalue weighted by atomic mass is 10.0. The van der Waals surface area contributed by atoms with Gasteiger partial charge in [-0.2, -0.15) is 0 Å². The molecule has 2 aromatic rings. The molecule has 0 fully saturated rings. The third kappa shape index (κ3) is 0.960. The fraction of sp³-hybridized carbons (Fsp3) is 0.273. The number of rotatable bonds is 1. The Hall–Kier alpha value is -1.84. The van der Waals surface area contributed by atoms with Crippen LogP contribution < -0.4 is 0 Å². The number of nitrogens with zero attached hydrogens (tertiary/aromatic N) is 2. The molecule has 0 spiro atoms. The smallest absolute Gasteiger partial charge is 0.222 e. The molecule has 0 bridgehead atoms. The first-order valence-electron chi connectivity index (χ1n) is 4.99. The minimum atomic E-state index is 0.00662. The van der Waals surface area contributed by atoms with E-state index in [1.807, 2.05) is 18.2 Å². The molecule has 0 aliphatic carbocycles. The van der Waals surface area contributed by atoms with Gasteiger partial charge >= 0.3 is 0 Å². The zero-order chi connectivity index (χ0) is 10.4. The predicted octanol–water partition coefficient (Wildman–Crippen LogP) is 2.69. The quantitative estimate of drug-likeness (QED) is 0.723. The number of hydrogen-bond donors (Lipinski definition) is 1. The second kappa shape index (κ2) is 2.82. The van der Waals surface area contributed by atoms with E-state index in [1.165, 1.54) is 5.56 Å². The molecule has 1 aliphatic rings. The van der Waals surface area contributed by atoms with Gasteiger partial charge in [-0.15, -0.1) is 4.91 Å². The maximum Gasteiger partial charge on any atom is 0.222 e. The summed E-state index contributed by atoms with van der Waals surface area (Å²) in [7, 11) is 0. The van der Waals surface area contributed by atoms with Crippen LogP contribution in [0.2, 0.25) is 0 Å². The van der Waals surface area contributed by atoms with Gasteiger partial charge < -0.3 is 9.67 Å². The molecule has 1 aliphatic heterocycles. The van der Waals surface area contributed by atoms with E-state index in [2.05, 4.69) is 5.18 Å². The molecule has 2 heterocycles. The van der Waals surface area contributed by atoms with Gasteiger partial charge in [0.2, 0.25) is 5.88 Å². The average molecular weight is 202 g/mol. The molecule has 0 unspecified atom stereocenters. The summed E-state index contributed by atoms with van der Waals surface area (Å²) in [6, 6.07) is 5.77. The van der Waals surface area contributed by atoms with Gasteiger partial charge in [-0.3, -0.25) is 0 Å². The third-order valence-corrected chi connectivity index (χ3v) is 3.03. The molecule has 1 aromatic heterocycles. The van der Waals surface area contributed by atoms with Crippen LogP contribution in [-0.4, -0.2) is 9.67 Å². The Morgan fingerprint density at radius 1 is 1.40 bits per heavy atom. The molecule has 1 N–H and O–H groups in total. The minimum Gasteiger partial charge on any atom is -0.493 e. The van der Waals surface area contributed by atoms with Crippen LogP contribution in [0.1, 0.15) is 12.0 Å². The van der Waals surface area contributed by atoms with E-state index in [4.69, 9.17) is 0 Å². The van der Waals surface area contributed by atoms with Crippen molar-refractivity contribution in [1.82, 2.24) is 4.57 Å². The van der Waals surface area contributed by atoms with Crippen molar-refractivity contribution < 1.29 is 5.11 Å². The van der Waals surface area contributed by atoms with Crippen LogP contribution in [-0.2, 0) is 13.0 Å². The second-order valence-corrected chi connectivity index (χ2v) is 3.83. The Kier molecular flexibility index (Phi) is 1.59. The lowest BCUT2D eigenvalue weighted by Crippen LogP contribution is -2.06. The highest BCUT2D eigenvalue weighted by molar-refractivity contribution is 5.97. The van der Waals surface area contributed by atoms with Crippen LogP contribution in [0.4, 0.5) is 5.69 Å². The first-order valence-corrected chi connectivity index (χ1v) is 4.99. The molecule has 0 amide bonds. The number of benzene rings is 1. The highest BCUT2D eigenvalue weighted by Crippen LogP contribution is 2.41. The SMILES string of the molecule is O=Nc1c(O)n2c3c(cccc13)CCC2. The number of para-hydroxylation sites is 1. The van der Waals surface area contributed by atoms with Crippen molar-refractivity contribution in [1.29, 1.82) is 0 Å². The van der Waals surface area contributed by atoms with Gasteiger partial charge in [0.1, 0.15) is 0 Å². The number of aryl methyl sites for hydroxylation is 2. The summed E-state index contributed by atoms with van der Waals surface area (Å²) in [6.07, 6.45) is 1.99. The highest BCUT2D eigenvalue weighted by Gasteiger charge is 2.21. The average Bonchev–Trinajstić information content (AvgIpc) is 2.55. The summed E-state index contributed by atoms with van der Waals surface area (Å²) in [6.45, 7) is 0.759.